The second kappa shape index (κ2) is 7.48. The molecular weight excluding hydrogens is 316 g/mol. The van der Waals surface area contributed by atoms with E-state index in [-0.39, 0.29) is 24.4 Å². The molecule has 1 aromatic heterocycles. The van der Waals surface area contributed by atoms with Crippen LogP contribution in [0, 0.1) is 0 Å². The zero-order valence-electron chi connectivity index (χ0n) is 13.2. The van der Waals surface area contributed by atoms with E-state index in [4.69, 9.17) is 4.74 Å². The van der Waals surface area contributed by atoms with Crippen LogP contribution >= 0.6 is 12.4 Å². The summed E-state index contributed by atoms with van der Waals surface area (Å²) < 4.78 is 7.11. The minimum absolute atomic E-state index is 0. The molecule has 124 valence electrons. The first-order valence-electron chi connectivity index (χ1n) is 7.33. The number of carbonyl (C=O) groups excluding carboxylic acids is 1. The number of benzene rings is 1. The van der Waals surface area contributed by atoms with Crippen molar-refractivity contribution in [2.24, 2.45) is 7.05 Å². The summed E-state index contributed by atoms with van der Waals surface area (Å²) in [7, 11) is 3.57. The van der Waals surface area contributed by atoms with E-state index in [1.165, 1.54) is 0 Å². The Morgan fingerprint density at radius 3 is 2.70 bits per heavy atom. The summed E-state index contributed by atoms with van der Waals surface area (Å²) in [6.45, 7) is 2.18. The van der Waals surface area contributed by atoms with Gasteiger partial charge in [-0.15, -0.1) is 12.4 Å². The average molecular weight is 337 g/mol. The molecule has 0 aliphatic carbocycles. The van der Waals surface area contributed by atoms with Crippen LogP contribution < -0.4 is 10.1 Å². The van der Waals surface area contributed by atoms with Crippen LogP contribution in [0.3, 0.4) is 0 Å². The van der Waals surface area contributed by atoms with Crippen molar-refractivity contribution in [3.63, 3.8) is 0 Å². The molecule has 0 radical (unpaired) electrons. The van der Waals surface area contributed by atoms with E-state index >= 15 is 0 Å². The van der Waals surface area contributed by atoms with Crippen LogP contribution in [-0.4, -0.2) is 47.1 Å². The van der Waals surface area contributed by atoms with Crippen LogP contribution in [0.25, 0.3) is 0 Å². The van der Waals surface area contributed by atoms with Gasteiger partial charge in [-0.25, -0.2) is 4.98 Å². The van der Waals surface area contributed by atoms with Gasteiger partial charge in [-0.05, 0) is 24.3 Å². The number of ether oxygens (including phenoxy) is 1. The van der Waals surface area contributed by atoms with Gasteiger partial charge in [0.15, 0.2) is 0 Å². The molecule has 0 bridgehead atoms. The van der Waals surface area contributed by atoms with Crippen molar-refractivity contribution in [3.8, 4) is 5.75 Å². The largest absolute Gasteiger partial charge is 0.497 e. The van der Waals surface area contributed by atoms with E-state index in [1.807, 2.05) is 34.8 Å². The van der Waals surface area contributed by atoms with E-state index in [1.54, 1.807) is 25.4 Å². The second-order valence-corrected chi connectivity index (χ2v) is 5.34. The number of nitrogens with one attached hydrogen (secondary N) is 1. The number of imidazole rings is 1. The first-order valence-corrected chi connectivity index (χ1v) is 7.33. The first kappa shape index (κ1) is 17.3. The Hall–Kier alpha value is -2.05. The molecule has 23 heavy (non-hydrogen) atoms. The lowest BCUT2D eigenvalue weighted by atomic mass is 10.1. The maximum absolute atomic E-state index is 12.8. The minimum Gasteiger partial charge on any atom is -0.497 e. The smallest absolute Gasteiger partial charge is 0.254 e. The summed E-state index contributed by atoms with van der Waals surface area (Å²) >= 11 is 0. The number of hydrogen-bond donors (Lipinski definition) is 1. The first-order chi connectivity index (χ1) is 10.7. The molecule has 1 saturated heterocycles. The monoisotopic (exact) mass is 336 g/mol. The molecule has 0 saturated carbocycles. The van der Waals surface area contributed by atoms with Gasteiger partial charge in [-0.1, -0.05) is 0 Å². The van der Waals surface area contributed by atoms with E-state index in [9.17, 15) is 4.79 Å². The van der Waals surface area contributed by atoms with E-state index < -0.39 is 0 Å². The number of piperazine rings is 1. The number of aromatic nitrogens is 2. The molecule has 1 unspecified atom stereocenters. The summed E-state index contributed by atoms with van der Waals surface area (Å²) in [6.07, 6.45) is 3.67. The van der Waals surface area contributed by atoms with Gasteiger partial charge in [0.1, 0.15) is 17.6 Å². The lowest BCUT2D eigenvalue weighted by molar-refractivity contribution is 0.0621. The highest BCUT2D eigenvalue weighted by Crippen LogP contribution is 2.23. The molecule has 1 fully saturated rings. The predicted octanol–water partition coefficient (Wildman–Crippen LogP) is 1.64. The predicted molar refractivity (Wildman–Crippen MR) is 90.1 cm³/mol. The third-order valence-corrected chi connectivity index (χ3v) is 4.00. The number of amides is 1. The molecule has 1 aliphatic heterocycles. The van der Waals surface area contributed by atoms with Crippen molar-refractivity contribution < 1.29 is 9.53 Å². The highest BCUT2D eigenvalue weighted by atomic mass is 35.5. The number of hydrogen-bond acceptors (Lipinski definition) is 4. The molecule has 1 aromatic carbocycles. The van der Waals surface area contributed by atoms with Crippen LogP contribution in [0.5, 0.6) is 5.75 Å². The molecule has 1 aliphatic rings. The Bertz CT molecular complexity index is 656. The maximum atomic E-state index is 12.8. The van der Waals surface area contributed by atoms with Gasteiger partial charge in [0.25, 0.3) is 5.91 Å². The zero-order valence-corrected chi connectivity index (χ0v) is 14.0. The summed E-state index contributed by atoms with van der Waals surface area (Å²) in [4.78, 5) is 19.1. The maximum Gasteiger partial charge on any atom is 0.254 e. The highest BCUT2D eigenvalue weighted by Gasteiger charge is 2.30. The average Bonchev–Trinajstić information content (AvgIpc) is 3.00. The molecule has 7 heteroatoms. The summed E-state index contributed by atoms with van der Waals surface area (Å²) in [5.74, 6) is 1.67. The fraction of sp³-hybridized carbons (Fsp3) is 0.375. The van der Waals surface area contributed by atoms with Gasteiger partial charge in [0.2, 0.25) is 0 Å². The molecule has 1 atom stereocenters. The SMILES string of the molecule is COc1ccc(C(=O)N2CCNCC2c2nccn2C)cc1.Cl. The van der Waals surface area contributed by atoms with Crippen LogP contribution in [0.2, 0.25) is 0 Å². The fourth-order valence-corrected chi connectivity index (χ4v) is 2.78. The summed E-state index contributed by atoms with van der Waals surface area (Å²) in [5.41, 5.74) is 0.668. The molecule has 2 heterocycles. The summed E-state index contributed by atoms with van der Waals surface area (Å²) in [5, 5.41) is 3.34. The molecule has 1 N–H and O–H groups in total. The number of methoxy groups -OCH3 is 1. The van der Waals surface area contributed by atoms with Crippen LogP contribution in [0.4, 0.5) is 0 Å². The standard InChI is InChI=1S/C16H20N4O2.ClH/c1-19-9-8-18-15(19)14-11-17-7-10-20(14)16(21)12-3-5-13(22-2)6-4-12;/h3-6,8-9,14,17H,7,10-11H2,1-2H3;1H. The minimum atomic E-state index is -0.0525. The Morgan fingerprint density at radius 1 is 1.35 bits per heavy atom. The lowest BCUT2D eigenvalue weighted by Gasteiger charge is -2.35. The Balaban J connectivity index is 0.00000192. The van der Waals surface area contributed by atoms with Gasteiger partial charge < -0.3 is 19.5 Å². The molecule has 3 rings (SSSR count). The highest BCUT2D eigenvalue weighted by molar-refractivity contribution is 5.94. The molecular formula is C16H21ClN4O2. The van der Waals surface area contributed by atoms with Crippen molar-refractivity contribution >= 4 is 18.3 Å². The number of halogens is 1. The lowest BCUT2D eigenvalue weighted by Crippen LogP contribution is -2.49. The van der Waals surface area contributed by atoms with Crippen molar-refractivity contribution in [1.82, 2.24) is 19.8 Å². The Morgan fingerprint density at radius 2 is 2.09 bits per heavy atom. The van der Waals surface area contributed by atoms with Gasteiger partial charge in [0, 0.05) is 44.6 Å². The van der Waals surface area contributed by atoms with E-state index in [2.05, 4.69) is 10.3 Å². The van der Waals surface area contributed by atoms with E-state index in [0.29, 0.717) is 18.7 Å². The Kier molecular flexibility index (Phi) is 5.63. The molecule has 0 spiro atoms. The van der Waals surface area contributed by atoms with Gasteiger partial charge in [-0.2, -0.15) is 0 Å². The Labute approximate surface area is 141 Å². The van der Waals surface area contributed by atoms with Crippen molar-refractivity contribution in [3.05, 3.63) is 48.0 Å². The quantitative estimate of drug-likeness (QED) is 0.925. The molecule has 1 amide bonds. The topological polar surface area (TPSA) is 59.4 Å². The fourth-order valence-electron chi connectivity index (χ4n) is 2.78. The molecule has 6 nitrogen and oxygen atoms in total. The summed E-state index contributed by atoms with van der Waals surface area (Å²) in [6, 6.07) is 7.18. The van der Waals surface area contributed by atoms with Crippen molar-refractivity contribution in [1.29, 1.82) is 0 Å². The third kappa shape index (κ3) is 3.48. The van der Waals surface area contributed by atoms with Crippen LogP contribution in [0.1, 0.15) is 22.2 Å². The number of nitrogens with zero attached hydrogens (tertiary/aromatic N) is 3. The van der Waals surface area contributed by atoms with Gasteiger partial charge in [0.05, 0.1) is 7.11 Å². The molecule has 2 aromatic rings. The normalized spacial score (nSPS) is 17.5. The third-order valence-electron chi connectivity index (χ3n) is 4.00. The van der Waals surface area contributed by atoms with Crippen molar-refractivity contribution in [2.75, 3.05) is 26.7 Å². The van der Waals surface area contributed by atoms with Crippen molar-refractivity contribution in [2.45, 2.75) is 6.04 Å². The zero-order chi connectivity index (χ0) is 15.5. The van der Waals surface area contributed by atoms with Gasteiger partial charge >= 0.3 is 0 Å². The van der Waals surface area contributed by atoms with Crippen LogP contribution in [0.15, 0.2) is 36.7 Å². The number of aryl methyl sites for hydroxylation is 1. The van der Waals surface area contributed by atoms with Gasteiger partial charge in [-0.3, -0.25) is 4.79 Å². The second-order valence-electron chi connectivity index (χ2n) is 5.34. The van der Waals surface area contributed by atoms with E-state index in [0.717, 1.165) is 18.1 Å². The number of carbonyl (C=O) groups is 1. The number of rotatable bonds is 3. The van der Waals surface area contributed by atoms with Crippen LogP contribution in [-0.2, 0) is 7.05 Å².